The lowest BCUT2D eigenvalue weighted by molar-refractivity contribution is -0.402. The monoisotopic (exact) mass is 370 g/mol. The molecule has 26 heavy (non-hydrogen) atoms. The largest absolute Gasteiger partial charge is 0.433 e. The number of nitro groups is 1. The lowest BCUT2D eigenvalue weighted by Crippen LogP contribution is -2.11. The molecule has 0 saturated heterocycles. The maximum atomic E-state index is 10.7. The molecular formula is C18H18N4O3S. The van der Waals surface area contributed by atoms with Gasteiger partial charge >= 0.3 is 5.88 Å². The fourth-order valence-corrected chi connectivity index (χ4v) is 3.10. The van der Waals surface area contributed by atoms with Crippen LogP contribution in [0.2, 0.25) is 0 Å². The third kappa shape index (κ3) is 3.97. The van der Waals surface area contributed by atoms with Crippen LogP contribution in [0.5, 0.6) is 0 Å². The summed E-state index contributed by atoms with van der Waals surface area (Å²) in [5, 5.41) is 17.0. The molecule has 8 heteroatoms. The van der Waals surface area contributed by atoms with E-state index in [-0.39, 0.29) is 5.88 Å². The van der Waals surface area contributed by atoms with Crippen LogP contribution in [0.1, 0.15) is 36.8 Å². The van der Waals surface area contributed by atoms with Crippen LogP contribution in [-0.4, -0.2) is 15.8 Å². The lowest BCUT2D eigenvalue weighted by atomic mass is 10.0. The Balaban J connectivity index is 1.90. The Morgan fingerprint density at radius 3 is 2.58 bits per heavy atom. The van der Waals surface area contributed by atoms with E-state index in [4.69, 9.17) is 4.42 Å². The smallest absolute Gasteiger partial charge is 0.400 e. The van der Waals surface area contributed by atoms with E-state index in [1.165, 1.54) is 35.2 Å². The molecule has 0 aliphatic rings. The molecule has 0 saturated carbocycles. The summed E-state index contributed by atoms with van der Waals surface area (Å²) in [6.07, 6.45) is 1.44. The third-order valence-corrected chi connectivity index (χ3v) is 4.66. The third-order valence-electron chi connectivity index (χ3n) is 3.73. The second-order valence-electron chi connectivity index (χ2n) is 6.01. The number of hydrogen-bond acceptors (Lipinski definition) is 6. The summed E-state index contributed by atoms with van der Waals surface area (Å²) in [6, 6.07) is 10.9. The predicted octanol–water partition coefficient (Wildman–Crippen LogP) is 4.60. The highest BCUT2D eigenvalue weighted by molar-refractivity contribution is 7.07. The summed E-state index contributed by atoms with van der Waals surface area (Å²) in [4.78, 5) is 15.4. The first-order chi connectivity index (χ1) is 12.4. The van der Waals surface area contributed by atoms with Crippen LogP contribution >= 0.6 is 11.3 Å². The second kappa shape index (κ2) is 7.49. The summed E-state index contributed by atoms with van der Waals surface area (Å²) in [5.41, 5.74) is 3.01. The van der Waals surface area contributed by atoms with Gasteiger partial charge in [0.1, 0.15) is 4.92 Å². The molecule has 134 valence electrons. The zero-order valence-electron chi connectivity index (χ0n) is 14.6. The summed E-state index contributed by atoms with van der Waals surface area (Å²) in [5.74, 6) is 0.468. The Morgan fingerprint density at radius 1 is 1.23 bits per heavy atom. The summed E-state index contributed by atoms with van der Waals surface area (Å²) in [6.45, 7) is 6.21. The normalized spacial score (nSPS) is 12.4. The number of benzene rings is 1. The van der Waals surface area contributed by atoms with Gasteiger partial charge < -0.3 is 4.42 Å². The van der Waals surface area contributed by atoms with Crippen molar-refractivity contribution in [3.63, 3.8) is 0 Å². The van der Waals surface area contributed by atoms with Gasteiger partial charge in [-0.25, -0.2) is 9.67 Å². The topological polar surface area (TPSA) is 85.9 Å². The molecule has 0 atom stereocenters. The number of hydrogen-bond donors (Lipinski definition) is 0. The maximum Gasteiger partial charge on any atom is 0.433 e. The van der Waals surface area contributed by atoms with E-state index in [1.807, 2.05) is 24.4 Å². The average molecular weight is 370 g/mol. The average Bonchev–Trinajstić information content (AvgIpc) is 3.21. The Morgan fingerprint density at radius 2 is 1.96 bits per heavy atom. The van der Waals surface area contributed by atoms with E-state index in [9.17, 15) is 10.1 Å². The molecule has 2 heterocycles. The fraction of sp³-hybridized carbons (Fsp3) is 0.222. The quantitative estimate of drug-likeness (QED) is 0.374. The minimum absolute atomic E-state index is 0.307. The van der Waals surface area contributed by atoms with Gasteiger partial charge in [-0.15, -0.1) is 11.3 Å². The van der Waals surface area contributed by atoms with Gasteiger partial charge in [0.15, 0.2) is 5.76 Å². The van der Waals surface area contributed by atoms with Crippen LogP contribution in [0.15, 0.2) is 56.3 Å². The van der Waals surface area contributed by atoms with E-state index in [0.717, 1.165) is 11.4 Å². The van der Waals surface area contributed by atoms with Gasteiger partial charge in [0.25, 0.3) is 0 Å². The van der Waals surface area contributed by atoms with E-state index < -0.39 is 4.92 Å². The van der Waals surface area contributed by atoms with Gasteiger partial charge in [-0.2, -0.15) is 5.10 Å². The number of furan rings is 1. The molecule has 0 amide bonds. The van der Waals surface area contributed by atoms with Gasteiger partial charge in [-0.1, -0.05) is 26.0 Å². The molecule has 0 unspecified atom stereocenters. The van der Waals surface area contributed by atoms with Crippen molar-refractivity contribution in [2.24, 2.45) is 10.1 Å². The fourth-order valence-electron chi connectivity index (χ4n) is 2.27. The molecule has 3 aromatic rings. The van der Waals surface area contributed by atoms with Crippen molar-refractivity contribution in [2.45, 2.75) is 26.7 Å². The maximum absolute atomic E-state index is 10.7. The highest BCUT2D eigenvalue weighted by Crippen LogP contribution is 2.19. The van der Waals surface area contributed by atoms with Crippen LogP contribution in [0.4, 0.5) is 11.6 Å². The number of aryl methyl sites for hydroxylation is 1. The Labute approximate surface area is 154 Å². The van der Waals surface area contributed by atoms with Crippen LogP contribution in [-0.2, 0) is 0 Å². The van der Waals surface area contributed by atoms with Crippen LogP contribution in [0, 0.1) is 17.0 Å². The Hall–Kier alpha value is -3.00. The van der Waals surface area contributed by atoms with E-state index >= 15 is 0 Å². The van der Waals surface area contributed by atoms with Gasteiger partial charge in [0, 0.05) is 5.38 Å². The van der Waals surface area contributed by atoms with Gasteiger partial charge in [-0.3, -0.25) is 10.1 Å². The van der Waals surface area contributed by atoms with Gasteiger partial charge in [0.2, 0.25) is 4.80 Å². The van der Waals surface area contributed by atoms with Crippen molar-refractivity contribution in [2.75, 3.05) is 0 Å². The SMILES string of the molecule is Cc1csc(=Nc2ccc(C(C)C)cc2)n1N=Cc1ccc([N+](=O)[O-])o1. The van der Waals surface area contributed by atoms with Crippen molar-refractivity contribution >= 4 is 29.1 Å². The first kappa shape index (κ1) is 17.8. The zero-order valence-corrected chi connectivity index (χ0v) is 15.4. The van der Waals surface area contributed by atoms with Crippen LogP contribution < -0.4 is 4.80 Å². The number of aromatic nitrogens is 1. The summed E-state index contributed by atoms with van der Waals surface area (Å²) < 4.78 is 6.76. The van der Waals surface area contributed by atoms with Crippen molar-refractivity contribution in [3.8, 4) is 0 Å². The Bertz CT molecular complexity index is 1010. The van der Waals surface area contributed by atoms with Crippen LogP contribution in [0.3, 0.4) is 0 Å². The molecular weight excluding hydrogens is 352 g/mol. The highest BCUT2D eigenvalue weighted by atomic mass is 32.1. The first-order valence-electron chi connectivity index (χ1n) is 8.04. The molecule has 0 N–H and O–H groups in total. The van der Waals surface area contributed by atoms with Crippen molar-refractivity contribution < 1.29 is 9.34 Å². The number of nitrogens with zero attached hydrogens (tertiary/aromatic N) is 4. The molecule has 2 aromatic heterocycles. The standard InChI is InChI=1S/C18H18N4O3S/c1-12(2)14-4-6-15(7-5-14)20-18-21(13(3)11-26-18)19-10-16-8-9-17(25-16)22(23)24/h4-12H,1-3H3. The van der Waals surface area contributed by atoms with Crippen molar-refractivity contribution in [1.82, 2.24) is 4.68 Å². The van der Waals surface area contributed by atoms with E-state index in [0.29, 0.717) is 16.5 Å². The molecule has 0 spiro atoms. The molecule has 7 nitrogen and oxygen atoms in total. The second-order valence-corrected chi connectivity index (χ2v) is 6.84. The number of rotatable bonds is 5. The molecule has 1 aromatic carbocycles. The van der Waals surface area contributed by atoms with Gasteiger partial charge in [0.05, 0.1) is 23.7 Å². The minimum Gasteiger partial charge on any atom is -0.400 e. The molecule has 0 aliphatic carbocycles. The molecule has 0 radical (unpaired) electrons. The first-order valence-corrected chi connectivity index (χ1v) is 8.92. The van der Waals surface area contributed by atoms with E-state index in [2.05, 4.69) is 36.1 Å². The van der Waals surface area contributed by atoms with Crippen molar-refractivity contribution in [3.05, 3.63) is 73.7 Å². The highest BCUT2D eigenvalue weighted by Gasteiger charge is 2.10. The van der Waals surface area contributed by atoms with E-state index in [1.54, 1.807) is 4.68 Å². The summed E-state index contributed by atoms with van der Waals surface area (Å²) >= 11 is 1.47. The minimum atomic E-state index is -0.581. The lowest BCUT2D eigenvalue weighted by Gasteiger charge is -2.04. The Kier molecular flexibility index (Phi) is 5.13. The molecule has 0 aliphatic heterocycles. The van der Waals surface area contributed by atoms with Crippen molar-refractivity contribution in [1.29, 1.82) is 0 Å². The molecule has 0 bridgehead atoms. The predicted molar refractivity (Wildman–Crippen MR) is 101 cm³/mol. The van der Waals surface area contributed by atoms with Gasteiger partial charge in [-0.05, 0) is 36.6 Å². The van der Waals surface area contributed by atoms with Crippen LogP contribution in [0.25, 0.3) is 0 Å². The number of thiazole rings is 1. The molecule has 3 rings (SSSR count). The zero-order chi connectivity index (χ0) is 18.7. The molecule has 0 fully saturated rings. The summed E-state index contributed by atoms with van der Waals surface area (Å²) in [7, 11) is 0.